The van der Waals surface area contributed by atoms with Crippen molar-refractivity contribution in [1.29, 1.82) is 0 Å². The van der Waals surface area contributed by atoms with E-state index in [2.05, 4.69) is 4.90 Å². The third-order valence-corrected chi connectivity index (χ3v) is 6.11. The van der Waals surface area contributed by atoms with Crippen LogP contribution in [0.2, 0.25) is 5.02 Å². The van der Waals surface area contributed by atoms with Gasteiger partial charge in [-0.15, -0.1) is 11.8 Å². The zero-order valence-corrected chi connectivity index (χ0v) is 16.4. The maximum Gasteiger partial charge on any atom is 0.269 e. The molecule has 27 heavy (non-hydrogen) atoms. The van der Waals surface area contributed by atoms with Crippen LogP contribution in [0.4, 0.5) is 11.4 Å². The number of nitro benzene ring substituents is 1. The van der Waals surface area contributed by atoms with Gasteiger partial charge < -0.3 is 9.80 Å². The van der Waals surface area contributed by atoms with E-state index in [0.29, 0.717) is 31.2 Å². The van der Waals surface area contributed by atoms with E-state index in [4.69, 9.17) is 11.6 Å². The number of hydrogen-bond acceptors (Lipinski definition) is 5. The number of thioether (sulfide) groups is 1. The average molecular weight is 406 g/mol. The van der Waals surface area contributed by atoms with E-state index >= 15 is 0 Å². The van der Waals surface area contributed by atoms with Crippen LogP contribution in [0.25, 0.3) is 0 Å². The highest BCUT2D eigenvalue weighted by atomic mass is 35.5. The van der Waals surface area contributed by atoms with E-state index in [0.717, 1.165) is 10.6 Å². The third-order valence-electron chi connectivity index (χ3n) is 4.51. The van der Waals surface area contributed by atoms with Crippen LogP contribution in [-0.2, 0) is 4.79 Å². The normalized spacial score (nSPS) is 15.5. The summed E-state index contributed by atoms with van der Waals surface area (Å²) in [5.41, 5.74) is 1.02. The lowest BCUT2D eigenvalue weighted by Gasteiger charge is -2.37. The molecular formula is C19H20ClN3O3S. The Morgan fingerprint density at radius 1 is 1.11 bits per heavy atom. The standard InChI is InChI=1S/C19H20ClN3O3S/c1-14(27-18-5-3-2-4-17(18)20)19(24)22-12-10-21(11-13-22)15-6-8-16(9-7-15)23(25)26/h2-9,14H,10-13H2,1H3. The highest BCUT2D eigenvalue weighted by Gasteiger charge is 2.26. The molecule has 0 N–H and O–H groups in total. The van der Waals surface area contributed by atoms with Crippen molar-refractivity contribution >= 4 is 40.6 Å². The summed E-state index contributed by atoms with van der Waals surface area (Å²) in [6.45, 7) is 4.56. The number of anilines is 1. The van der Waals surface area contributed by atoms with Gasteiger partial charge in [-0.3, -0.25) is 14.9 Å². The Balaban J connectivity index is 1.55. The van der Waals surface area contributed by atoms with E-state index in [-0.39, 0.29) is 16.8 Å². The van der Waals surface area contributed by atoms with Gasteiger partial charge in [-0.05, 0) is 31.2 Å². The second kappa shape index (κ2) is 8.63. The molecule has 1 atom stereocenters. The van der Waals surface area contributed by atoms with Crippen LogP contribution in [0.3, 0.4) is 0 Å². The fourth-order valence-corrected chi connectivity index (χ4v) is 4.25. The van der Waals surface area contributed by atoms with Crippen molar-refractivity contribution in [1.82, 2.24) is 4.90 Å². The Labute approximate surface area is 167 Å². The van der Waals surface area contributed by atoms with Gasteiger partial charge >= 0.3 is 0 Å². The molecule has 1 aliphatic heterocycles. The second-order valence-electron chi connectivity index (χ2n) is 6.28. The maximum atomic E-state index is 12.7. The van der Waals surface area contributed by atoms with Gasteiger partial charge in [0, 0.05) is 48.9 Å². The number of piperazine rings is 1. The molecule has 0 saturated carbocycles. The van der Waals surface area contributed by atoms with Crippen LogP contribution in [-0.4, -0.2) is 47.2 Å². The number of halogens is 1. The lowest BCUT2D eigenvalue weighted by molar-refractivity contribution is -0.384. The van der Waals surface area contributed by atoms with Crippen molar-refractivity contribution in [3.05, 3.63) is 63.7 Å². The van der Waals surface area contributed by atoms with Gasteiger partial charge in [-0.2, -0.15) is 0 Å². The molecule has 2 aromatic rings. The maximum absolute atomic E-state index is 12.7. The smallest absolute Gasteiger partial charge is 0.269 e. The number of hydrogen-bond donors (Lipinski definition) is 0. The van der Waals surface area contributed by atoms with Crippen LogP contribution in [0, 0.1) is 10.1 Å². The summed E-state index contributed by atoms with van der Waals surface area (Å²) < 4.78 is 0. The van der Waals surface area contributed by atoms with Gasteiger partial charge in [-0.25, -0.2) is 0 Å². The predicted octanol–water partition coefficient (Wildman–Crippen LogP) is 4.08. The molecule has 8 heteroatoms. The van der Waals surface area contributed by atoms with E-state index in [1.165, 1.54) is 23.9 Å². The first-order valence-electron chi connectivity index (χ1n) is 8.65. The van der Waals surface area contributed by atoms with Crippen molar-refractivity contribution in [2.24, 2.45) is 0 Å². The highest BCUT2D eigenvalue weighted by molar-refractivity contribution is 8.00. The van der Waals surface area contributed by atoms with Crippen molar-refractivity contribution in [2.75, 3.05) is 31.1 Å². The molecule has 2 aromatic carbocycles. The van der Waals surface area contributed by atoms with E-state index < -0.39 is 4.92 Å². The number of rotatable bonds is 5. The first-order chi connectivity index (χ1) is 13.0. The van der Waals surface area contributed by atoms with Gasteiger partial charge in [-0.1, -0.05) is 23.7 Å². The van der Waals surface area contributed by atoms with Crippen molar-refractivity contribution in [3.63, 3.8) is 0 Å². The Bertz CT molecular complexity index is 823. The number of amides is 1. The Morgan fingerprint density at radius 3 is 2.33 bits per heavy atom. The van der Waals surface area contributed by atoms with Gasteiger partial charge in [0.15, 0.2) is 0 Å². The minimum absolute atomic E-state index is 0.0815. The Hall–Kier alpha value is -2.25. The fourth-order valence-electron chi connectivity index (χ4n) is 3.01. The molecule has 3 rings (SSSR count). The molecule has 1 saturated heterocycles. The summed E-state index contributed by atoms with van der Waals surface area (Å²) in [7, 11) is 0. The molecule has 0 spiro atoms. The molecule has 1 aliphatic rings. The lowest BCUT2D eigenvalue weighted by Crippen LogP contribution is -2.50. The van der Waals surface area contributed by atoms with E-state index in [1.807, 2.05) is 36.1 Å². The molecular weight excluding hydrogens is 386 g/mol. The number of nitro groups is 1. The Kier molecular flexibility index (Phi) is 6.23. The molecule has 0 aliphatic carbocycles. The summed E-state index contributed by atoms with van der Waals surface area (Å²) >= 11 is 7.65. The summed E-state index contributed by atoms with van der Waals surface area (Å²) in [6, 6.07) is 14.1. The van der Waals surface area contributed by atoms with Gasteiger partial charge in [0.25, 0.3) is 5.69 Å². The van der Waals surface area contributed by atoms with E-state index in [9.17, 15) is 14.9 Å². The average Bonchev–Trinajstić information content (AvgIpc) is 2.69. The predicted molar refractivity (Wildman–Crippen MR) is 109 cm³/mol. The molecule has 1 amide bonds. The number of non-ortho nitro benzene ring substituents is 1. The largest absolute Gasteiger partial charge is 0.368 e. The third kappa shape index (κ3) is 4.73. The highest BCUT2D eigenvalue weighted by Crippen LogP contribution is 2.31. The van der Waals surface area contributed by atoms with Crippen LogP contribution in [0.15, 0.2) is 53.4 Å². The van der Waals surface area contributed by atoms with Gasteiger partial charge in [0.1, 0.15) is 0 Å². The van der Waals surface area contributed by atoms with Crippen molar-refractivity contribution in [3.8, 4) is 0 Å². The fraction of sp³-hybridized carbons (Fsp3) is 0.316. The topological polar surface area (TPSA) is 66.7 Å². The minimum Gasteiger partial charge on any atom is -0.368 e. The first-order valence-corrected chi connectivity index (χ1v) is 9.91. The van der Waals surface area contributed by atoms with Crippen LogP contribution >= 0.6 is 23.4 Å². The molecule has 0 bridgehead atoms. The summed E-state index contributed by atoms with van der Waals surface area (Å²) in [6.07, 6.45) is 0. The molecule has 1 unspecified atom stereocenters. The second-order valence-corrected chi connectivity index (χ2v) is 8.07. The van der Waals surface area contributed by atoms with Gasteiger partial charge in [0.05, 0.1) is 15.2 Å². The first kappa shape index (κ1) is 19.5. The van der Waals surface area contributed by atoms with Gasteiger partial charge in [0.2, 0.25) is 5.91 Å². The molecule has 0 radical (unpaired) electrons. The molecule has 1 heterocycles. The number of carbonyl (C=O) groups is 1. The number of carbonyl (C=O) groups excluding carboxylic acids is 1. The van der Waals surface area contributed by atoms with Crippen molar-refractivity contribution < 1.29 is 9.72 Å². The summed E-state index contributed by atoms with van der Waals surface area (Å²) in [5.74, 6) is 0.100. The Morgan fingerprint density at radius 2 is 1.74 bits per heavy atom. The minimum atomic E-state index is -0.404. The lowest BCUT2D eigenvalue weighted by atomic mass is 10.2. The van der Waals surface area contributed by atoms with Crippen LogP contribution in [0.5, 0.6) is 0 Å². The summed E-state index contributed by atoms with van der Waals surface area (Å²) in [4.78, 5) is 28.0. The number of nitrogens with zero attached hydrogens (tertiary/aromatic N) is 3. The molecule has 142 valence electrons. The molecule has 1 fully saturated rings. The van der Waals surface area contributed by atoms with Crippen LogP contribution in [0.1, 0.15) is 6.92 Å². The zero-order valence-electron chi connectivity index (χ0n) is 14.9. The zero-order chi connectivity index (χ0) is 19.4. The van der Waals surface area contributed by atoms with Crippen LogP contribution < -0.4 is 4.90 Å². The van der Waals surface area contributed by atoms with Crippen molar-refractivity contribution in [2.45, 2.75) is 17.1 Å². The SMILES string of the molecule is CC(Sc1ccccc1Cl)C(=O)N1CCN(c2ccc([N+](=O)[O-])cc2)CC1. The van der Waals surface area contributed by atoms with E-state index in [1.54, 1.807) is 12.1 Å². The summed E-state index contributed by atoms with van der Waals surface area (Å²) in [5, 5.41) is 11.2. The molecule has 6 nitrogen and oxygen atoms in total. The molecule has 0 aromatic heterocycles. The monoisotopic (exact) mass is 405 g/mol. The quantitative estimate of drug-likeness (QED) is 0.426. The number of benzene rings is 2.